The van der Waals surface area contributed by atoms with E-state index >= 15 is 0 Å². The Balaban J connectivity index is 1.17. The Morgan fingerprint density at radius 3 is 2.60 bits per heavy atom. The van der Waals surface area contributed by atoms with Crippen molar-refractivity contribution in [3.8, 4) is 0 Å². The Morgan fingerprint density at radius 1 is 0.967 bits per heavy atom. The third-order valence-corrected chi connectivity index (χ3v) is 6.92. The van der Waals surface area contributed by atoms with Crippen LogP contribution in [0.2, 0.25) is 0 Å². The standard InChI is InChI=1S/C24H29N3O3/c28-23(21-7-3-12-27(21)24(29)22-8-4-16-30-22)25-13-9-18(10-14-25)17-26-15-11-19-5-1-2-6-20(19)26/h1-2,4-6,8,16,18,21H,3,7,9-15,17H2. The minimum Gasteiger partial charge on any atom is -0.459 e. The molecule has 4 heterocycles. The van der Waals surface area contributed by atoms with Gasteiger partial charge in [-0.25, -0.2) is 0 Å². The van der Waals surface area contributed by atoms with E-state index in [1.54, 1.807) is 17.0 Å². The molecule has 0 radical (unpaired) electrons. The summed E-state index contributed by atoms with van der Waals surface area (Å²) in [6.45, 7) is 4.38. The molecule has 158 valence electrons. The monoisotopic (exact) mass is 407 g/mol. The number of hydrogen-bond acceptors (Lipinski definition) is 4. The highest BCUT2D eigenvalue weighted by atomic mass is 16.3. The number of likely N-dealkylation sites (tertiary alicyclic amines) is 2. The smallest absolute Gasteiger partial charge is 0.290 e. The van der Waals surface area contributed by atoms with Crippen LogP contribution in [0, 0.1) is 5.92 Å². The van der Waals surface area contributed by atoms with Crippen LogP contribution in [0.4, 0.5) is 5.69 Å². The Morgan fingerprint density at radius 2 is 1.80 bits per heavy atom. The highest BCUT2D eigenvalue weighted by Crippen LogP contribution is 2.31. The Labute approximate surface area is 177 Å². The van der Waals surface area contributed by atoms with Crippen LogP contribution in [0.1, 0.15) is 41.8 Å². The van der Waals surface area contributed by atoms with Crippen LogP contribution >= 0.6 is 0 Å². The highest BCUT2D eigenvalue weighted by Gasteiger charge is 2.38. The lowest BCUT2D eigenvalue weighted by Crippen LogP contribution is -2.50. The van der Waals surface area contributed by atoms with Crippen LogP contribution in [0.25, 0.3) is 0 Å². The van der Waals surface area contributed by atoms with E-state index in [1.807, 2.05) is 4.90 Å². The fourth-order valence-corrected chi connectivity index (χ4v) is 5.26. The van der Waals surface area contributed by atoms with Crippen molar-refractivity contribution in [1.82, 2.24) is 9.80 Å². The molecule has 2 aromatic rings. The molecule has 0 saturated carbocycles. The number of fused-ring (bicyclic) bond motifs is 1. The molecule has 6 nitrogen and oxygen atoms in total. The molecule has 2 fully saturated rings. The minimum absolute atomic E-state index is 0.109. The van der Waals surface area contributed by atoms with Gasteiger partial charge in [-0.1, -0.05) is 18.2 Å². The maximum absolute atomic E-state index is 13.2. The van der Waals surface area contributed by atoms with Crippen LogP contribution in [-0.4, -0.2) is 60.4 Å². The van der Waals surface area contributed by atoms with Gasteiger partial charge in [0.2, 0.25) is 5.91 Å². The summed E-state index contributed by atoms with van der Waals surface area (Å²) in [6.07, 6.45) is 6.31. The van der Waals surface area contributed by atoms with Crippen molar-refractivity contribution in [2.75, 3.05) is 37.6 Å². The predicted octanol–water partition coefficient (Wildman–Crippen LogP) is 3.19. The summed E-state index contributed by atoms with van der Waals surface area (Å²) in [5.74, 6) is 0.875. The molecule has 0 N–H and O–H groups in total. The molecular formula is C24H29N3O3. The normalized spacial score (nSPS) is 21.9. The molecule has 2 saturated heterocycles. The SMILES string of the molecule is O=C(C1CCCN1C(=O)c1ccco1)N1CCC(CN2CCc3ccccc32)CC1. The second kappa shape index (κ2) is 8.17. The summed E-state index contributed by atoms with van der Waals surface area (Å²) >= 11 is 0. The van der Waals surface area contributed by atoms with Gasteiger partial charge >= 0.3 is 0 Å². The third kappa shape index (κ3) is 3.59. The number of para-hydroxylation sites is 1. The Bertz CT molecular complexity index is 902. The van der Waals surface area contributed by atoms with Gasteiger partial charge in [-0.2, -0.15) is 0 Å². The summed E-state index contributed by atoms with van der Waals surface area (Å²) in [5, 5.41) is 0. The van der Waals surface area contributed by atoms with Crippen molar-refractivity contribution >= 4 is 17.5 Å². The molecule has 3 aliphatic rings. The first-order chi connectivity index (χ1) is 14.7. The topological polar surface area (TPSA) is 57.0 Å². The molecule has 30 heavy (non-hydrogen) atoms. The van der Waals surface area contributed by atoms with E-state index in [1.165, 1.54) is 17.5 Å². The van der Waals surface area contributed by atoms with Crippen molar-refractivity contribution in [3.63, 3.8) is 0 Å². The molecule has 3 aliphatic heterocycles. The fraction of sp³-hybridized carbons (Fsp3) is 0.500. The van der Waals surface area contributed by atoms with Gasteiger partial charge in [0.1, 0.15) is 6.04 Å². The molecule has 5 rings (SSSR count). The summed E-state index contributed by atoms with van der Waals surface area (Å²) in [5.41, 5.74) is 2.83. The van der Waals surface area contributed by atoms with E-state index < -0.39 is 0 Å². The van der Waals surface area contributed by atoms with Crippen molar-refractivity contribution in [2.45, 2.75) is 38.1 Å². The van der Waals surface area contributed by atoms with E-state index in [-0.39, 0.29) is 17.9 Å². The van der Waals surface area contributed by atoms with E-state index in [0.717, 1.165) is 58.3 Å². The first-order valence-electron chi connectivity index (χ1n) is 11.2. The van der Waals surface area contributed by atoms with Gasteiger partial charge in [-0.05, 0) is 61.8 Å². The van der Waals surface area contributed by atoms with Crippen LogP contribution in [0.5, 0.6) is 0 Å². The van der Waals surface area contributed by atoms with Gasteiger partial charge < -0.3 is 19.1 Å². The molecule has 6 heteroatoms. The number of anilines is 1. The van der Waals surface area contributed by atoms with Gasteiger partial charge in [0.25, 0.3) is 5.91 Å². The largest absolute Gasteiger partial charge is 0.459 e. The predicted molar refractivity (Wildman–Crippen MR) is 114 cm³/mol. The maximum Gasteiger partial charge on any atom is 0.290 e. The van der Waals surface area contributed by atoms with Crippen LogP contribution in [0.3, 0.4) is 0 Å². The molecule has 1 unspecified atom stereocenters. The molecule has 0 bridgehead atoms. The van der Waals surface area contributed by atoms with Crippen molar-refractivity contribution in [2.24, 2.45) is 5.92 Å². The lowest BCUT2D eigenvalue weighted by atomic mass is 9.95. The first kappa shape index (κ1) is 19.2. The third-order valence-electron chi connectivity index (χ3n) is 6.92. The summed E-state index contributed by atoms with van der Waals surface area (Å²) in [6, 6.07) is 11.7. The quantitative estimate of drug-likeness (QED) is 0.781. The average molecular weight is 408 g/mol. The van der Waals surface area contributed by atoms with E-state index in [9.17, 15) is 9.59 Å². The molecule has 2 amide bonds. The highest BCUT2D eigenvalue weighted by molar-refractivity contribution is 5.96. The van der Waals surface area contributed by atoms with Gasteiger partial charge in [-0.15, -0.1) is 0 Å². The number of furan rings is 1. The lowest BCUT2D eigenvalue weighted by Gasteiger charge is -2.37. The number of benzene rings is 1. The average Bonchev–Trinajstić information content (AvgIpc) is 3.54. The Hall–Kier alpha value is -2.76. The van der Waals surface area contributed by atoms with Crippen LogP contribution in [0.15, 0.2) is 47.1 Å². The zero-order chi connectivity index (χ0) is 20.5. The second-order valence-corrected chi connectivity index (χ2v) is 8.73. The van der Waals surface area contributed by atoms with Gasteiger partial charge in [0.15, 0.2) is 5.76 Å². The van der Waals surface area contributed by atoms with Crippen molar-refractivity contribution in [1.29, 1.82) is 0 Å². The fourth-order valence-electron chi connectivity index (χ4n) is 5.26. The van der Waals surface area contributed by atoms with E-state index in [4.69, 9.17) is 4.42 Å². The number of piperidine rings is 1. The summed E-state index contributed by atoms with van der Waals surface area (Å²) in [7, 11) is 0. The van der Waals surface area contributed by atoms with Gasteiger partial charge in [-0.3, -0.25) is 9.59 Å². The lowest BCUT2D eigenvalue weighted by molar-refractivity contribution is -0.136. The zero-order valence-electron chi connectivity index (χ0n) is 17.3. The Kier molecular flexibility index (Phi) is 5.23. The van der Waals surface area contributed by atoms with Gasteiger partial charge in [0.05, 0.1) is 6.26 Å². The summed E-state index contributed by atoms with van der Waals surface area (Å²) < 4.78 is 5.26. The number of amides is 2. The number of carbonyl (C=O) groups excluding carboxylic acids is 2. The molecule has 1 aromatic heterocycles. The van der Waals surface area contributed by atoms with Gasteiger partial charge in [0, 0.05) is 38.4 Å². The van der Waals surface area contributed by atoms with Crippen LogP contribution in [-0.2, 0) is 11.2 Å². The number of nitrogens with zero attached hydrogens (tertiary/aromatic N) is 3. The minimum atomic E-state index is -0.343. The van der Waals surface area contributed by atoms with Crippen molar-refractivity contribution < 1.29 is 14.0 Å². The second-order valence-electron chi connectivity index (χ2n) is 8.73. The van der Waals surface area contributed by atoms with E-state index in [2.05, 4.69) is 29.2 Å². The maximum atomic E-state index is 13.2. The summed E-state index contributed by atoms with van der Waals surface area (Å²) in [4.78, 5) is 32.1. The van der Waals surface area contributed by atoms with Crippen LogP contribution < -0.4 is 4.90 Å². The molecule has 1 atom stereocenters. The molecular weight excluding hydrogens is 378 g/mol. The van der Waals surface area contributed by atoms with Crippen molar-refractivity contribution in [3.05, 3.63) is 54.0 Å². The first-order valence-corrected chi connectivity index (χ1v) is 11.2. The van der Waals surface area contributed by atoms with E-state index in [0.29, 0.717) is 18.2 Å². The molecule has 1 aromatic carbocycles. The number of rotatable bonds is 4. The molecule has 0 spiro atoms. The number of hydrogen-bond donors (Lipinski definition) is 0. The molecule has 0 aliphatic carbocycles. The zero-order valence-corrected chi connectivity index (χ0v) is 17.3. The number of carbonyl (C=O) groups is 2.